The Labute approximate surface area is 109 Å². The number of nitrogens with one attached hydrogen (secondary N) is 1. The highest BCUT2D eigenvalue weighted by molar-refractivity contribution is 9.10. The number of hydrogen-bond acceptors (Lipinski definition) is 2. The van der Waals surface area contributed by atoms with E-state index in [1.807, 2.05) is 18.2 Å². The van der Waals surface area contributed by atoms with Gasteiger partial charge in [0.1, 0.15) is 0 Å². The van der Waals surface area contributed by atoms with Crippen molar-refractivity contribution in [2.24, 2.45) is 5.41 Å². The molecule has 4 heteroatoms. The Morgan fingerprint density at radius 1 is 1.50 bits per heavy atom. The van der Waals surface area contributed by atoms with E-state index in [1.165, 1.54) is 0 Å². The van der Waals surface area contributed by atoms with E-state index in [0.29, 0.717) is 11.4 Å². The molecule has 16 heavy (non-hydrogen) atoms. The summed E-state index contributed by atoms with van der Waals surface area (Å²) in [5.74, 6) is 0. The molecular formula is C12H12BrClN2. The van der Waals surface area contributed by atoms with Crippen molar-refractivity contribution >= 4 is 33.2 Å². The Morgan fingerprint density at radius 2 is 2.25 bits per heavy atom. The summed E-state index contributed by atoms with van der Waals surface area (Å²) in [4.78, 5) is 0. The van der Waals surface area contributed by atoms with Crippen molar-refractivity contribution in [3.05, 3.63) is 27.7 Å². The molecule has 1 fully saturated rings. The third-order valence-corrected chi connectivity index (χ3v) is 4.23. The molecule has 0 saturated heterocycles. The van der Waals surface area contributed by atoms with Crippen molar-refractivity contribution in [3.63, 3.8) is 0 Å². The molecule has 1 aliphatic carbocycles. The second-order valence-electron chi connectivity index (χ2n) is 4.32. The fraction of sp³-hybridized carbons (Fsp3) is 0.417. The highest BCUT2D eigenvalue weighted by atomic mass is 79.9. The van der Waals surface area contributed by atoms with Gasteiger partial charge in [-0.15, -0.1) is 0 Å². The van der Waals surface area contributed by atoms with Gasteiger partial charge in [0.25, 0.3) is 0 Å². The van der Waals surface area contributed by atoms with Crippen LogP contribution in [0.1, 0.15) is 19.3 Å². The summed E-state index contributed by atoms with van der Waals surface area (Å²) >= 11 is 9.36. The van der Waals surface area contributed by atoms with E-state index in [4.69, 9.17) is 16.9 Å². The summed E-state index contributed by atoms with van der Waals surface area (Å²) in [5, 5.41) is 12.8. The lowest BCUT2D eigenvalue weighted by atomic mass is 10.0. The molecule has 0 amide bonds. The lowest BCUT2D eigenvalue weighted by Crippen LogP contribution is -2.14. The van der Waals surface area contributed by atoms with Gasteiger partial charge in [0.05, 0.1) is 11.1 Å². The van der Waals surface area contributed by atoms with E-state index < -0.39 is 0 Å². The quantitative estimate of drug-likeness (QED) is 0.904. The summed E-state index contributed by atoms with van der Waals surface area (Å²) in [6.45, 7) is 0.860. The molecule has 0 atom stereocenters. The second-order valence-corrected chi connectivity index (χ2v) is 5.58. The maximum Gasteiger partial charge on any atom is 0.0628 e. The molecule has 0 radical (unpaired) electrons. The van der Waals surface area contributed by atoms with Gasteiger partial charge in [0.2, 0.25) is 0 Å². The molecule has 0 aromatic heterocycles. The lowest BCUT2D eigenvalue weighted by Gasteiger charge is -2.13. The van der Waals surface area contributed by atoms with Crippen molar-refractivity contribution in [2.75, 3.05) is 11.9 Å². The topological polar surface area (TPSA) is 35.8 Å². The molecule has 0 bridgehead atoms. The third-order valence-electron chi connectivity index (χ3n) is 3.00. The van der Waals surface area contributed by atoms with E-state index >= 15 is 0 Å². The summed E-state index contributed by atoms with van der Waals surface area (Å²) in [6.07, 6.45) is 2.94. The molecule has 2 rings (SSSR count). The zero-order valence-corrected chi connectivity index (χ0v) is 11.1. The Balaban J connectivity index is 1.95. The summed E-state index contributed by atoms with van der Waals surface area (Å²) < 4.78 is 0.901. The van der Waals surface area contributed by atoms with Crippen molar-refractivity contribution in [1.29, 1.82) is 5.26 Å². The third kappa shape index (κ3) is 2.69. The molecule has 1 N–H and O–H groups in total. The van der Waals surface area contributed by atoms with Gasteiger partial charge in [0, 0.05) is 28.5 Å². The number of rotatable bonds is 4. The van der Waals surface area contributed by atoms with Gasteiger partial charge in [0.15, 0.2) is 0 Å². The average Bonchev–Trinajstić information content (AvgIpc) is 3.01. The lowest BCUT2D eigenvalue weighted by molar-refractivity contribution is 0.557. The predicted octanol–water partition coefficient (Wildman–Crippen LogP) is 4.21. The van der Waals surface area contributed by atoms with Crippen LogP contribution in [0.15, 0.2) is 22.7 Å². The van der Waals surface area contributed by atoms with Crippen LogP contribution in [0.5, 0.6) is 0 Å². The Kier molecular flexibility index (Phi) is 3.41. The zero-order valence-electron chi connectivity index (χ0n) is 8.76. The van der Waals surface area contributed by atoms with Gasteiger partial charge < -0.3 is 5.32 Å². The fourth-order valence-electron chi connectivity index (χ4n) is 1.66. The largest absolute Gasteiger partial charge is 0.384 e. The summed E-state index contributed by atoms with van der Waals surface area (Å²) in [6, 6.07) is 8.06. The number of halogens is 2. The van der Waals surface area contributed by atoms with Crippen LogP contribution in [0.4, 0.5) is 5.69 Å². The summed E-state index contributed by atoms with van der Waals surface area (Å²) in [5.41, 5.74) is 1.23. The normalized spacial score (nSPS) is 16.6. The van der Waals surface area contributed by atoms with Gasteiger partial charge >= 0.3 is 0 Å². The standard InChI is InChI=1S/C12H12BrClN2/c13-10-2-1-9(7-11(10)14)16-8-12(3-4-12)5-6-15/h1-2,7,16H,3-5,8H2. The monoisotopic (exact) mass is 298 g/mol. The number of nitriles is 1. The first-order chi connectivity index (χ1) is 7.65. The van der Waals surface area contributed by atoms with Crippen LogP contribution in [0, 0.1) is 16.7 Å². The van der Waals surface area contributed by atoms with Crippen LogP contribution in [-0.4, -0.2) is 6.54 Å². The molecule has 0 unspecified atom stereocenters. The first-order valence-electron chi connectivity index (χ1n) is 5.21. The molecule has 2 nitrogen and oxygen atoms in total. The van der Waals surface area contributed by atoms with Crippen LogP contribution in [0.3, 0.4) is 0 Å². The van der Waals surface area contributed by atoms with E-state index in [2.05, 4.69) is 27.3 Å². The van der Waals surface area contributed by atoms with E-state index in [0.717, 1.165) is 29.5 Å². The predicted molar refractivity (Wildman–Crippen MR) is 69.5 cm³/mol. The number of nitrogens with zero attached hydrogens (tertiary/aromatic N) is 1. The molecule has 0 aliphatic heterocycles. The maximum atomic E-state index is 8.71. The van der Waals surface area contributed by atoms with Gasteiger partial charge in [-0.2, -0.15) is 5.26 Å². The Bertz CT molecular complexity index is 435. The Morgan fingerprint density at radius 3 is 2.81 bits per heavy atom. The molecule has 1 saturated carbocycles. The highest BCUT2D eigenvalue weighted by Crippen LogP contribution is 2.48. The minimum Gasteiger partial charge on any atom is -0.384 e. The number of hydrogen-bond donors (Lipinski definition) is 1. The summed E-state index contributed by atoms with van der Waals surface area (Å²) in [7, 11) is 0. The smallest absolute Gasteiger partial charge is 0.0628 e. The molecular weight excluding hydrogens is 288 g/mol. The van der Waals surface area contributed by atoms with Gasteiger partial charge in [-0.05, 0) is 47.0 Å². The molecule has 1 aromatic rings. The minimum absolute atomic E-state index is 0.217. The second kappa shape index (κ2) is 4.65. The molecule has 1 aliphatic rings. The Hall–Kier alpha value is -0.720. The van der Waals surface area contributed by atoms with Crippen molar-refractivity contribution in [2.45, 2.75) is 19.3 Å². The van der Waals surface area contributed by atoms with Gasteiger partial charge in [-0.25, -0.2) is 0 Å². The van der Waals surface area contributed by atoms with Crippen molar-refractivity contribution in [3.8, 4) is 6.07 Å². The van der Waals surface area contributed by atoms with Crippen molar-refractivity contribution < 1.29 is 0 Å². The van der Waals surface area contributed by atoms with Crippen LogP contribution >= 0.6 is 27.5 Å². The van der Waals surface area contributed by atoms with E-state index in [1.54, 1.807) is 0 Å². The van der Waals surface area contributed by atoms with Crippen LogP contribution in [-0.2, 0) is 0 Å². The van der Waals surface area contributed by atoms with Crippen LogP contribution in [0.25, 0.3) is 0 Å². The zero-order chi connectivity index (χ0) is 11.6. The number of benzene rings is 1. The molecule has 84 valence electrons. The highest BCUT2D eigenvalue weighted by Gasteiger charge is 2.42. The molecule has 1 aromatic carbocycles. The van der Waals surface area contributed by atoms with Crippen LogP contribution < -0.4 is 5.32 Å². The van der Waals surface area contributed by atoms with Crippen molar-refractivity contribution in [1.82, 2.24) is 0 Å². The van der Waals surface area contributed by atoms with Crippen LogP contribution in [0.2, 0.25) is 5.02 Å². The SMILES string of the molecule is N#CCC1(CNc2ccc(Br)c(Cl)c2)CC1. The van der Waals surface area contributed by atoms with Gasteiger partial charge in [-0.1, -0.05) is 11.6 Å². The average molecular weight is 300 g/mol. The molecule has 0 heterocycles. The maximum absolute atomic E-state index is 8.71. The van der Waals surface area contributed by atoms with E-state index in [9.17, 15) is 0 Å². The first-order valence-corrected chi connectivity index (χ1v) is 6.38. The number of anilines is 1. The van der Waals surface area contributed by atoms with E-state index in [-0.39, 0.29) is 5.41 Å². The van der Waals surface area contributed by atoms with Gasteiger partial charge in [-0.3, -0.25) is 0 Å². The minimum atomic E-state index is 0.217. The first kappa shape index (κ1) is 11.8. The fourth-order valence-corrected chi connectivity index (χ4v) is 2.08. The molecule has 0 spiro atoms.